The molecular weight excluding hydrogens is 192 g/mol. The molecule has 0 fully saturated rings. The first-order chi connectivity index (χ1) is 7.25. The molecule has 74 valence electrons. The van der Waals surface area contributed by atoms with Gasteiger partial charge in [-0.15, -0.1) is 0 Å². The summed E-state index contributed by atoms with van der Waals surface area (Å²) in [7, 11) is 0. The summed E-state index contributed by atoms with van der Waals surface area (Å²) >= 11 is 0. The highest BCUT2D eigenvalue weighted by molar-refractivity contribution is 5.99. The lowest BCUT2D eigenvalue weighted by atomic mass is 10.1. The molecule has 0 aliphatic heterocycles. The number of hydrogen-bond acceptors (Lipinski definition) is 3. The number of aromatic hydroxyl groups is 2. The first-order valence-electron chi connectivity index (χ1n) is 4.59. The van der Waals surface area contributed by atoms with Gasteiger partial charge in [0, 0.05) is 0 Å². The minimum absolute atomic E-state index is 0.198. The molecule has 1 aromatic heterocycles. The van der Waals surface area contributed by atoms with E-state index in [2.05, 4.69) is 0 Å². The number of rotatable bonds is 0. The highest BCUT2D eigenvalue weighted by Crippen LogP contribution is 2.38. The molecular formula is C12H8O3. The molecule has 3 aromatic rings. The van der Waals surface area contributed by atoms with Crippen LogP contribution in [0.5, 0.6) is 11.7 Å². The Balaban J connectivity index is 2.53. The van der Waals surface area contributed by atoms with Gasteiger partial charge in [-0.1, -0.05) is 24.3 Å². The molecule has 0 unspecified atom stereocenters. The van der Waals surface area contributed by atoms with Crippen LogP contribution in [0.2, 0.25) is 0 Å². The van der Waals surface area contributed by atoms with Gasteiger partial charge in [-0.05, 0) is 22.9 Å². The Labute approximate surface area is 85.2 Å². The van der Waals surface area contributed by atoms with E-state index in [1.807, 2.05) is 24.3 Å². The maximum Gasteiger partial charge on any atom is 0.327 e. The van der Waals surface area contributed by atoms with E-state index in [4.69, 9.17) is 4.42 Å². The molecule has 2 N–H and O–H groups in total. The van der Waals surface area contributed by atoms with E-state index in [-0.39, 0.29) is 5.75 Å². The van der Waals surface area contributed by atoms with Crippen molar-refractivity contribution in [2.45, 2.75) is 0 Å². The minimum atomic E-state index is -0.430. The predicted molar refractivity (Wildman–Crippen MR) is 57.0 cm³/mol. The molecule has 3 nitrogen and oxygen atoms in total. The molecule has 1 heterocycles. The highest BCUT2D eigenvalue weighted by atomic mass is 16.5. The predicted octanol–water partition coefficient (Wildman–Crippen LogP) is 3.00. The van der Waals surface area contributed by atoms with Crippen molar-refractivity contribution >= 4 is 21.7 Å². The van der Waals surface area contributed by atoms with Gasteiger partial charge in [0.1, 0.15) is 5.58 Å². The van der Waals surface area contributed by atoms with Crippen LogP contribution in [0.3, 0.4) is 0 Å². The summed E-state index contributed by atoms with van der Waals surface area (Å²) in [6, 6.07) is 11.3. The molecule has 15 heavy (non-hydrogen) atoms. The fraction of sp³-hybridized carbons (Fsp3) is 0. The second-order valence-electron chi connectivity index (χ2n) is 3.45. The quantitative estimate of drug-likeness (QED) is 0.586. The summed E-state index contributed by atoms with van der Waals surface area (Å²) in [5.74, 6) is -0.629. The van der Waals surface area contributed by atoms with Crippen LogP contribution in [-0.4, -0.2) is 10.2 Å². The van der Waals surface area contributed by atoms with Gasteiger partial charge >= 0.3 is 5.95 Å². The van der Waals surface area contributed by atoms with Gasteiger partial charge in [-0.25, -0.2) is 0 Å². The van der Waals surface area contributed by atoms with Crippen molar-refractivity contribution in [1.29, 1.82) is 0 Å². The van der Waals surface area contributed by atoms with E-state index in [0.29, 0.717) is 11.0 Å². The lowest BCUT2D eigenvalue weighted by Gasteiger charge is -1.96. The Kier molecular flexibility index (Phi) is 1.45. The molecule has 3 heteroatoms. The van der Waals surface area contributed by atoms with Crippen molar-refractivity contribution in [3.63, 3.8) is 0 Å². The molecule has 3 rings (SSSR count). The number of hydrogen-bond donors (Lipinski definition) is 2. The third-order valence-electron chi connectivity index (χ3n) is 2.51. The van der Waals surface area contributed by atoms with E-state index in [1.165, 1.54) is 0 Å². The van der Waals surface area contributed by atoms with Crippen molar-refractivity contribution in [3.8, 4) is 11.7 Å². The van der Waals surface area contributed by atoms with Gasteiger partial charge < -0.3 is 14.6 Å². The fourth-order valence-electron chi connectivity index (χ4n) is 1.76. The molecule has 2 aromatic carbocycles. The topological polar surface area (TPSA) is 53.6 Å². The first-order valence-corrected chi connectivity index (χ1v) is 4.59. The second kappa shape index (κ2) is 2.67. The zero-order chi connectivity index (χ0) is 10.4. The smallest absolute Gasteiger partial charge is 0.327 e. The Bertz CT molecular complexity index is 652. The van der Waals surface area contributed by atoms with Crippen molar-refractivity contribution in [1.82, 2.24) is 0 Å². The van der Waals surface area contributed by atoms with Crippen LogP contribution in [0.4, 0.5) is 0 Å². The van der Waals surface area contributed by atoms with Crippen LogP contribution >= 0.6 is 0 Å². The molecule has 0 saturated carbocycles. The van der Waals surface area contributed by atoms with E-state index in [1.54, 1.807) is 12.1 Å². The maximum atomic E-state index is 9.51. The van der Waals surface area contributed by atoms with Crippen molar-refractivity contribution < 1.29 is 14.6 Å². The summed E-state index contributed by atoms with van der Waals surface area (Å²) in [6.45, 7) is 0. The van der Waals surface area contributed by atoms with Gasteiger partial charge in [0.05, 0.1) is 5.39 Å². The average molecular weight is 200 g/mol. The van der Waals surface area contributed by atoms with E-state index in [0.717, 1.165) is 10.8 Å². The molecule has 0 aliphatic rings. The number of benzene rings is 2. The average Bonchev–Trinajstić information content (AvgIpc) is 2.52. The van der Waals surface area contributed by atoms with Gasteiger partial charge in [0.25, 0.3) is 0 Å². The van der Waals surface area contributed by atoms with Crippen LogP contribution in [0.25, 0.3) is 21.7 Å². The molecule has 0 aliphatic carbocycles. The maximum absolute atomic E-state index is 9.51. The van der Waals surface area contributed by atoms with E-state index < -0.39 is 5.95 Å². The molecule has 0 amide bonds. The number of furan rings is 1. The van der Waals surface area contributed by atoms with Crippen LogP contribution in [0.15, 0.2) is 40.8 Å². The molecule has 0 bridgehead atoms. The summed E-state index contributed by atoms with van der Waals surface area (Å²) in [6.07, 6.45) is 0. The third-order valence-corrected chi connectivity index (χ3v) is 2.51. The Hall–Kier alpha value is -2.16. The second-order valence-corrected chi connectivity index (χ2v) is 3.45. The van der Waals surface area contributed by atoms with E-state index in [9.17, 15) is 10.2 Å². The van der Waals surface area contributed by atoms with E-state index >= 15 is 0 Å². The monoisotopic (exact) mass is 200 g/mol. The summed E-state index contributed by atoms with van der Waals surface area (Å²) in [5, 5.41) is 21.3. The van der Waals surface area contributed by atoms with Crippen LogP contribution < -0.4 is 0 Å². The normalized spacial score (nSPS) is 11.2. The van der Waals surface area contributed by atoms with Gasteiger partial charge in [-0.2, -0.15) is 0 Å². The molecule has 0 saturated heterocycles. The van der Waals surface area contributed by atoms with Crippen molar-refractivity contribution in [2.75, 3.05) is 0 Å². The lowest BCUT2D eigenvalue weighted by molar-refractivity contribution is 0.316. The van der Waals surface area contributed by atoms with Crippen LogP contribution in [0.1, 0.15) is 0 Å². The van der Waals surface area contributed by atoms with Gasteiger partial charge in [0.15, 0.2) is 0 Å². The van der Waals surface area contributed by atoms with Crippen molar-refractivity contribution in [3.05, 3.63) is 36.4 Å². The lowest BCUT2D eigenvalue weighted by Crippen LogP contribution is -1.71. The Morgan fingerprint density at radius 2 is 1.60 bits per heavy atom. The fourth-order valence-corrected chi connectivity index (χ4v) is 1.76. The zero-order valence-electron chi connectivity index (χ0n) is 7.77. The Morgan fingerprint density at radius 1 is 0.933 bits per heavy atom. The first kappa shape index (κ1) is 8.17. The largest absolute Gasteiger partial charge is 0.501 e. The SMILES string of the molecule is Oc1oc2cc3ccccc3cc2c1O. The van der Waals surface area contributed by atoms with Crippen LogP contribution in [-0.2, 0) is 0 Å². The molecule has 0 radical (unpaired) electrons. The number of fused-ring (bicyclic) bond motifs is 2. The summed E-state index contributed by atoms with van der Waals surface area (Å²) in [5.41, 5.74) is 0.490. The molecule has 0 spiro atoms. The highest BCUT2D eigenvalue weighted by Gasteiger charge is 2.12. The minimum Gasteiger partial charge on any atom is -0.501 e. The van der Waals surface area contributed by atoms with Gasteiger partial charge in [-0.3, -0.25) is 0 Å². The standard InChI is InChI=1S/C12H8O3/c13-11-9-5-7-3-1-2-4-8(7)6-10(9)15-12(11)14/h1-6,13-14H. The summed E-state index contributed by atoms with van der Waals surface area (Å²) < 4.78 is 5.01. The van der Waals surface area contributed by atoms with Crippen LogP contribution in [0, 0.1) is 0 Å². The third kappa shape index (κ3) is 1.06. The van der Waals surface area contributed by atoms with Crippen molar-refractivity contribution in [2.24, 2.45) is 0 Å². The zero-order valence-corrected chi connectivity index (χ0v) is 7.77. The summed E-state index contributed by atoms with van der Waals surface area (Å²) in [4.78, 5) is 0. The van der Waals surface area contributed by atoms with Gasteiger partial charge in [0.2, 0.25) is 5.75 Å². The molecule has 0 atom stereocenters. The Morgan fingerprint density at radius 3 is 2.33 bits per heavy atom.